The van der Waals surface area contributed by atoms with Gasteiger partial charge in [-0.15, -0.1) is 12.2 Å². The molecule has 0 unspecified atom stereocenters. The summed E-state index contributed by atoms with van der Waals surface area (Å²) < 4.78 is 32.2. The minimum atomic E-state index is -1.12. The van der Waals surface area contributed by atoms with Crippen LogP contribution < -0.4 is 66.0 Å². The smallest absolute Gasteiger partial charge is 0.850 e. The maximum absolute atomic E-state index is 12.5. The molecular formula is C56H80BrCl4KN6O16. The van der Waals surface area contributed by atoms with Crippen LogP contribution in [0.5, 0.6) is 11.8 Å². The monoisotopic (exact) mass is 1350 g/mol. The van der Waals surface area contributed by atoms with Crippen LogP contribution in [-0.2, 0) is 33.3 Å². The van der Waals surface area contributed by atoms with Crippen LogP contribution >= 0.6 is 62.3 Å². The fraction of sp³-hybridized carbons (Fsp3) is 0.554. The zero-order valence-corrected chi connectivity index (χ0v) is 56.8. The van der Waals surface area contributed by atoms with E-state index in [4.69, 9.17) is 79.9 Å². The predicted molar refractivity (Wildman–Crippen MR) is 319 cm³/mol. The summed E-state index contributed by atoms with van der Waals surface area (Å²) in [5, 5.41) is 40.6. The standard InChI is InChI=1S/C18H23ClN2O5.C15H19ClN2O5.C10H17NO5.C5H3Cl2N.C4H9O.C3H5Br.CH4.K/c1-5-8-24-16(22)14-9-13(25-15-7-6-12(19)10-20-15)11-21(14)17(23)26-18(2,3)4;1-15(2,3)23-14(21)18-8-10(6-11(18)13(19)20)22-12-5-4-9(16)7-17-12;1-10(2,3)16-9(15)11-5-6(12)4-7(11)8(13)14;6-4-1-2-5(7)8-3-4;1-4(2,3)5;1-2-3-4;;/h5-7,10,13-14H,1,8-9,11H2,2-4H3;4-5,7,10-11H,6,8H2,1-3H3,(H,19,20);6-7,12H,4-5H2,1-3H3,(H,13,14);1-3H;1-3H3;2H,1,3H2;1H4;/q;;;;-1;;;+1/t13-,14+;10-,11+;6-,7+;;;;;/m111...../s1. The van der Waals surface area contributed by atoms with Crippen molar-refractivity contribution in [3.8, 4) is 11.8 Å². The number of alkyl halides is 1. The van der Waals surface area contributed by atoms with Gasteiger partial charge >= 0.3 is 87.6 Å². The number of carboxylic acids is 2. The first kappa shape index (κ1) is 82.0. The van der Waals surface area contributed by atoms with Crippen molar-refractivity contribution in [1.82, 2.24) is 29.7 Å². The van der Waals surface area contributed by atoms with E-state index < -0.39 is 95.0 Å². The van der Waals surface area contributed by atoms with Gasteiger partial charge in [-0.3, -0.25) is 14.7 Å². The Kier molecular flexibility index (Phi) is 38.0. The Hall–Kier alpha value is -4.05. The fourth-order valence-corrected chi connectivity index (χ4v) is 7.09. The Morgan fingerprint density at radius 3 is 1.24 bits per heavy atom. The number of allylic oxidation sites excluding steroid dienone is 1. The molecule has 3 saturated heterocycles. The van der Waals surface area contributed by atoms with Gasteiger partial charge in [-0.25, -0.2) is 43.7 Å². The number of aliphatic hydroxyl groups excluding tert-OH is 1. The number of rotatable bonds is 10. The fourth-order valence-electron chi connectivity index (χ4n) is 6.64. The maximum atomic E-state index is 12.5. The van der Waals surface area contributed by atoms with E-state index >= 15 is 0 Å². The topological polar surface area (TPSA) is 290 Å². The van der Waals surface area contributed by atoms with Gasteiger partial charge in [0.1, 0.15) is 58.9 Å². The number of β-amino-alcohol motifs (C(OH)–C–C–N with tert-alkyl or cyclic N) is 1. The van der Waals surface area contributed by atoms with Crippen molar-refractivity contribution in [2.45, 2.75) is 169 Å². The Labute approximate surface area is 564 Å². The number of hydrogen-bond donors (Lipinski definition) is 3. The van der Waals surface area contributed by atoms with E-state index in [1.807, 2.05) is 0 Å². The van der Waals surface area contributed by atoms with Crippen molar-refractivity contribution < 1.29 is 129 Å². The number of carbonyl (C=O) groups excluding carboxylic acids is 4. The van der Waals surface area contributed by atoms with Gasteiger partial charge in [0.2, 0.25) is 11.8 Å². The van der Waals surface area contributed by atoms with Crippen LogP contribution in [-0.4, -0.2) is 172 Å². The van der Waals surface area contributed by atoms with E-state index in [0.717, 1.165) is 10.2 Å². The van der Waals surface area contributed by atoms with Crippen LogP contribution in [0, 0.1) is 0 Å². The molecule has 3 aromatic rings. The quantitative estimate of drug-likeness (QED) is 0.0433. The molecule has 0 spiro atoms. The molecule has 6 rings (SSSR count). The van der Waals surface area contributed by atoms with Crippen LogP contribution in [0.4, 0.5) is 14.4 Å². The van der Waals surface area contributed by atoms with Crippen LogP contribution in [0.2, 0.25) is 20.2 Å². The third-order valence-corrected chi connectivity index (χ3v) is 11.0. The molecule has 3 amide bonds. The third kappa shape index (κ3) is 35.5. The van der Waals surface area contributed by atoms with Crippen LogP contribution in [0.15, 0.2) is 80.3 Å². The van der Waals surface area contributed by atoms with Crippen molar-refractivity contribution >= 4 is 98.5 Å². The molecule has 0 radical (unpaired) electrons. The number of nitrogens with zero attached hydrogens (tertiary/aromatic N) is 6. The van der Waals surface area contributed by atoms with Crippen molar-refractivity contribution in [2.75, 3.05) is 31.6 Å². The number of aliphatic hydroxyl groups is 1. The summed E-state index contributed by atoms with van der Waals surface area (Å²) in [5.74, 6) is -2.04. The molecule has 22 nitrogen and oxygen atoms in total. The average molecular weight is 1350 g/mol. The van der Waals surface area contributed by atoms with Gasteiger partial charge in [0, 0.05) is 55.3 Å². The Balaban J connectivity index is 0. The van der Waals surface area contributed by atoms with Crippen molar-refractivity contribution in [3.63, 3.8) is 0 Å². The number of carboxylic acid groups (broad SMARTS) is 2. The van der Waals surface area contributed by atoms with Gasteiger partial charge in [0.25, 0.3) is 0 Å². The first-order valence-corrected chi connectivity index (χ1v) is 28.0. The molecule has 28 heteroatoms. The van der Waals surface area contributed by atoms with E-state index in [0.29, 0.717) is 32.0 Å². The van der Waals surface area contributed by atoms with Gasteiger partial charge in [-0.1, -0.05) is 109 Å². The normalized spacial score (nSPS) is 18.7. The molecule has 3 aliphatic rings. The number of hydrogen-bond acceptors (Lipinski definition) is 17. The summed E-state index contributed by atoms with van der Waals surface area (Å²) in [6, 6.07) is 7.06. The number of ether oxygens (including phenoxy) is 6. The van der Waals surface area contributed by atoms with Crippen molar-refractivity contribution in [3.05, 3.63) is 101 Å². The molecule has 0 bridgehead atoms. The Bertz CT molecular complexity index is 2490. The molecule has 0 aromatic carbocycles. The Morgan fingerprint density at radius 1 is 0.607 bits per heavy atom. The third-order valence-electron chi connectivity index (χ3n) is 9.65. The summed E-state index contributed by atoms with van der Waals surface area (Å²) in [6.45, 7) is 27.8. The SMILES string of the molecule is C.C=CCBr.C=CCOC(=O)[C@@H]1C[C@@H](Oc2ccc(Cl)cn2)CN1C(=O)OC(C)(C)C.CC(C)(C)OC(=O)N1C[C@H](O)C[C@H]1C(=O)O.CC(C)(C)OC(=O)N1C[C@H](Oc2ccc(Cl)cn2)C[C@H]1C(=O)O.CC(C)(C)[O-].Clc1ccc(Cl)nc1.[K+]. The molecule has 3 N–H and O–H groups in total. The van der Waals surface area contributed by atoms with Crippen LogP contribution in [0.3, 0.4) is 0 Å². The second-order valence-electron chi connectivity index (χ2n) is 21.9. The predicted octanol–water partition coefficient (Wildman–Crippen LogP) is 7.98. The maximum Gasteiger partial charge on any atom is 1.00 e. The van der Waals surface area contributed by atoms with Gasteiger partial charge < -0.3 is 48.8 Å². The Morgan fingerprint density at radius 2 is 0.940 bits per heavy atom. The zero-order chi connectivity index (χ0) is 62.9. The molecule has 0 saturated carbocycles. The van der Waals surface area contributed by atoms with E-state index in [2.05, 4.69) is 44.0 Å². The number of pyridine rings is 3. The first-order chi connectivity index (χ1) is 37.8. The van der Waals surface area contributed by atoms with Gasteiger partial charge in [0.15, 0.2) is 0 Å². The van der Waals surface area contributed by atoms with Crippen LogP contribution in [0.25, 0.3) is 0 Å². The number of esters is 1. The molecule has 466 valence electrons. The molecule has 3 fully saturated rings. The second-order valence-corrected chi connectivity index (χ2v) is 24.2. The molecular weight excluding hydrogens is 1270 g/mol. The van der Waals surface area contributed by atoms with Gasteiger partial charge in [0.05, 0.1) is 40.8 Å². The second kappa shape index (κ2) is 39.0. The molecule has 6 atom stereocenters. The summed E-state index contributed by atoms with van der Waals surface area (Å²) >= 11 is 25.6. The molecule has 0 aliphatic carbocycles. The van der Waals surface area contributed by atoms with E-state index in [1.165, 1.54) is 34.5 Å². The molecule has 3 aromatic heterocycles. The number of amides is 3. The number of likely N-dealkylation sites (tertiary alicyclic amines) is 3. The minimum absolute atomic E-state index is 0. The summed E-state index contributed by atoms with van der Waals surface area (Å²) in [6.07, 6.45) is 4.51. The van der Waals surface area contributed by atoms with Crippen molar-refractivity contribution in [2.24, 2.45) is 0 Å². The number of carbonyl (C=O) groups is 6. The number of aromatic nitrogens is 3. The molecule has 3 aliphatic heterocycles. The van der Waals surface area contributed by atoms with Crippen LogP contribution in [0.1, 0.15) is 110 Å². The molecule has 6 heterocycles. The van der Waals surface area contributed by atoms with E-state index in [1.54, 1.807) is 126 Å². The molecule has 84 heavy (non-hydrogen) atoms. The van der Waals surface area contributed by atoms with E-state index in [9.17, 15) is 44.1 Å². The van der Waals surface area contributed by atoms with Gasteiger partial charge in [-0.2, -0.15) is 0 Å². The summed E-state index contributed by atoms with van der Waals surface area (Å²) in [7, 11) is 0. The minimum Gasteiger partial charge on any atom is -0.850 e. The first-order valence-electron chi connectivity index (χ1n) is 25.4. The van der Waals surface area contributed by atoms with Crippen molar-refractivity contribution in [1.29, 1.82) is 0 Å². The summed E-state index contributed by atoms with van der Waals surface area (Å²) in [5.41, 5.74) is -2.80. The zero-order valence-electron chi connectivity index (χ0n) is 49.1. The largest absolute Gasteiger partial charge is 1.00 e. The van der Waals surface area contributed by atoms with E-state index in [-0.39, 0.29) is 104 Å². The summed E-state index contributed by atoms with van der Waals surface area (Å²) in [4.78, 5) is 86.2. The van der Waals surface area contributed by atoms with Gasteiger partial charge in [-0.05, 0) is 86.6 Å². The average Bonchev–Trinajstić information content (AvgIpc) is 4.16. The number of aliphatic carboxylic acids is 2. The number of halogens is 5.